The lowest BCUT2D eigenvalue weighted by Crippen LogP contribution is -2.09. The number of fused-ring (bicyclic) bond motifs is 18. The number of nitrogens with zero attached hydrogens (tertiary/aromatic N) is 6. The van der Waals surface area contributed by atoms with Crippen LogP contribution in [0.3, 0.4) is 0 Å². The van der Waals surface area contributed by atoms with E-state index in [1.165, 1.54) is 101 Å². The minimum absolute atomic E-state index is 0.896. The second-order valence-electron chi connectivity index (χ2n) is 34.3. The lowest BCUT2D eigenvalue weighted by atomic mass is 10.1. The first-order valence-corrected chi connectivity index (χ1v) is 50.4. The summed E-state index contributed by atoms with van der Waals surface area (Å²) in [6, 6.07) is 183. The van der Waals surface area contributed by atoms with E-state index in [0.717, 1.165) is 124 Å². The van der Waals surface area contributed by atoms with E-state index in [0.29, 0.717) is 0 Å². The number of thiophene rings is 5. The Morgan fingerprint density at radius 3 is 0.565 bits per heavy atom. The average molecular weight is 1860 g/mol. The highest BCUT2D eigenvalue weighted by Crippen LogP contribution is 2.51. The monoisotopic (exact) mass is 1860 g/mol. The van der Waals surface area contributed by atoms with Gasteiger partial charge in [-0.1, -0.05) is 243 Å². The summed E-state index contributed by atoms with van der Waals surface area (Å²) in [5.74, 6) is 0. The fourth-order valence-corrected chi connectivity index (χ4v) is 25.1. The second kappa shape index (κ2) is 36.3. The molecule has 0 aliphatic carbocycles. The number of rotatable bonds is 18. The van der Waals surface area contributed by atoms with E-state index in [-0.39, 0.29) is 0 Å². The minimum atomic E-state index is 0.896. The summed E-state index contributed by atoms with van der Waals surface area (Å²) in [6.07, 6.45) is 0. The first-order valence-electron chi connectivity index (χ1n) is 46.3. The van der Waals surface area contributed by atoms with Crippen molar-refractivity contribution in [3.8, 4) is 0 Å². The molecular formula is C126H84N6OS5. The van der Waals surface area contributed by atoms with E-state index >= 15 is 0 Å². The number of furan rings is 1. The SMILES string of the molecule is c1ccc(N(c2ccccc2)c2ccc3c(c2)sc2ccc(N(c4ccccc4)c4ccc5c(c4)sc4ccccc45)cc23)cc1.c1ccc(N(c2ccccc2)c2ccc3c(c2)sc2ccc(N(c4ccccc4)c4ccc5oc6ccccc6c5c4)cc23)cc1.c1ccc(N(c2ccccc2)c2ccc3c(c2)sc2ccc(N(c4ccccc4)c4ccc5sc6ccccc6c5c4)cc23)cc1. The summed E-state index contributed by atoms with van der Waals surface area (Å²) in [6.45, 7) is 0. The van der Waals surface area contributed by atoms with Crippen molar-refractivity contribution in [3.05, 3.63) is 510 Å². The molecule has 0 atom stereocenters. The Bertz CT molecular complexity index is 8650. The average Bonchev–Trinajstić information content (AvgIpc) is 1.60. The van der Waals surface area contributed by atoms with Crippen molar-refractivity contribution in [3.63, 3.8) is 0 Å². The predicted molar refractivity (Wildman–Crippen MR) is 599 cm³/mol. The standard InChI is InChI=1S/C42H28N2OS.2C42H28N2S2/c1-4-12-29(13-5-1)43(30-14-6-2-7-15-30)34-20-23-36-38-27-33(22-25-41(38)46-42(36)28-34)44(31-16-8-3-9-17-31)32-21-24-40-37(26-32)35-18-10-11-19-39(35)45-40;1-4-12-29(13-5-1)43(30-14-6-2-7-15-30)33-21-24-37-38-26-32(22-25-40(38)46-42(37)27-33)44(31-16-8-3-9-17-31)34-20-23-36-35-18-10-11-19-39(35)45-41(36)28-34;1-4-12-29(13-5-1)43(30-14-6-2-7-15-30)34-20-23-36-38-27-33(22-25-41(38)46-42(36)28-34)44(31-16-8-3-9-17-31)32-21-24-40-37(26-32)35-18-10-11-19-39(35)45-40/h3*1-28H. The van der Waals surface area contributed by atoms with Gasteiger partial charge in [-0.2, -0.15) is 0 Å². The number of anilines is 18. The molecule has 0 aliphatic heterocycles. The number of para-hydroxylation sites is 10. The number of hydrogen-bond donors (Lipinski definition) is 0. The zero-order valence-electron chi connectivity index (χ0n) is 74.6. The Kier molecular flexibility index (Phi) is 21.9. The fourth-order valence-electron chi connectivity index (χ4n) is 19.5. The molecule has 7 nitrogen and oxygen atoms in total. The fraction of sp³-hybridized carbons (Fsp3) is 0. The molecule has 654 valence electrons. The van der Waals surface area contributed by atoms with Crippen LogP contribution in [0.5, 0.6) is 0 Å². The number of benzene rings is 21. The molecule has 0 unspecified atom stereocenters. The van der Waals surface area contributed by atoms with Gasteiger partial charge in [0.1, 0.15) is 11.2 Å². The van der Waals surface area contributed by atoms with Crippen LogP contribution in [0, 0.1) is 0 Å². The van der Waals surface area contributed by atoms with Crippen molar-refractivity contribution in [2.24, 2.45) is 0 Å². The lowest BCUT2D eigenvalue weighted by Gasteiger charge is -2.26. The Balaban J connectivity index is 0.000000110. The van der Waals surface area contributed by atoms with Gasteiger partial charge in [-0.15, -0.1) is 56.7 Å². The van der Waals surface area contributed by atoms with Crippen LogP contribution in [0.2, 0.25) is 0 Å². The first-order chi connectivity index (χ1) is 68.4. The highest BCUT2D eigenvalue weighted by atomic mass is 32.1. The largest absolute Gasteiger partial charge is 0.456 e. The molecule has 0 aliphatic rings. The molecule has 6 heterocycles. The summed E-state index contributed by atoms with van der Waals surface area (Å²) in [4.78, 5) is 14.1. The minimum Gasteiger partial charge on any atom is -0.456 e. The van der Waals surface area contributed by atoms with Crippen molar-refractivity contribution in [2.75, 3.05) is 29.4 Å². The van der Waals surface area contributed by atoms with Gasteiger partial charge in [-0.3, -0.25) is 0 Å². The van der Waals surface area contributed by atoms with E-state index in [9.17, 15) is 0 Å². The van der Waals surface area contributed by atoms with Crippen LogP contribution in [0.4, 0.5) is 102 Å². The maximum absolute atomic E-state index is 6.16. The summed E-state index contributed by atoms with van der Waals surface area (Å²) in [7, 11) is 0. The van der Waals surface area contributed by atoms with Crippen molar-refractivity contribution in [2.45, 2.75) is 0 Å². The molecule has 0 bridgehead atoms. The maximum Gasteiger partial charge on any atom is 0.135 e. The van der Waals surface area contributed by atoms with Crippen LogP contribution >= 0.6 is 56.7 Å². The van der Waals surface area contributed by atoms with Gasteiger partial charge < -0.3 is 33.8 Å². The summed E-state index contributed by atoms with van der Waals surface area (Å²) >= 11 is 9.27. The smallest absolute Gasteiger partial charge is 0.135 e. The van der Waals surface area contributed by atoms with Gasteiger partial charge in [0.2, 0.25) is 0 Å². The molecule has 12 heteroatoms. The molecule has 0 spiro atoms. The van der Waals surface area contributed by atoms with Gasteiger partial charge in [0.05, 0.1) is 0 Å². The van der Waals surface area contributed by atoms with Crippen LogP contribution < -0.4 is 29.4 Å². The summed E-state index contributed by atoms with van der Waals surface area (Å²) in [5.41, 5.74) is 22.3. The van der Waals surface area contributed by atoms with Crippen LogP contribution in [0.1, 0.15) is 0 Å². The molecule has 0 amide bonds. The van der Waals surface area contributed by atoms with Gasteiger partial charge in [0.15, 0.2) is 0 Å². The summed E-state index contributed by atoms with van der Waals surface area (Å²) in [5, 5.41) is 15.1. The first kappa shape index (κ1) is 83.2. The highest BCUT2D eigenvalue weighted by molar-refractivity contribution is 7.27. The highest BCUT2D eigenvalue weighted by Gasteiger charge is 2.25. The van der Waals surface area contributed by atoms with Crippen molar-refractivity contribution in [1.29, 1.82) is 0 Å². The van der Waals surface area contributed by atoms with E-state index < -0.39 is 0 Å². The van der Waals surface area contributed by atoms with Crippen molar-refractivity contribution >= 4 is 282 Å². The molecule has 27 rings (SSSR count). The molecular weight excluding hydrogens is 1770 g/mol. The number of hydrogen-bond acceptors (Lipinski definition) is 12. The summed E-state index contributed by atoms with van der Waals surface area (Å²) < 4.78 is 19.1. The van der Waals surface area contributed by atoms with Gasteiger partial charge in [-0.25, -0.2) is 0 Å². The Morgan fingerprint density at radius 1 is 0.109 bits per heavy atom. The normalized spacial score (nSPS) is 11.5. The molecule has 0 saturated heterocycles. The second-order valence-corrected chi connectivity index (χ2v) is 39.7. The molecule has 0 fully saturated rings. The Hall–Kier alpha value is -16.7. The Labute approximate surface area is 818 Å². The van der Waals surface area contributed by atoms with E-state index in [1.54, 1.807) is 0 Å². The van der Waals surface area contributed by atoms with Crippen LogP contribution in [0.15, 0.2) is 514 Å². The van der Waals surface area contributed by atoms with Gasteiger partial charge >= 0.3 is 0 Å². The molecule has 138 heavy (non-hydrogen) atoms. The Morgan fingerprint density at radius 2 is 0.283 bits per heavy atom. The predicted octanol–water partition coefficient (Wildman–Crippen LogP) is 39.6. The molecule has 0 saturated carbocycles. The van der Waals surface area contributed by atoms with E-state index in [1.807, 2.05) is 68.8 Å². The van der Waals surface area contributed by atoms with Crippen molar-refractivity contribution in [1.82, 2.24) is 0 Å². The third kappa shape index (κ3) is 15.8. The zero-order valence-corrected chi connectivity index (χ0v) is 78.7. The molecule has 21 aromatic carbocycles. The molecule has 0 N–H and O–H groups in total. The van der Waals surface area contributed by atoms with E-state index in [2.05, 4.69) is 527 Å². The van der Waals surface area contributed by atoms with Gasteiger partial charge in [-0.05, 0) is 267 Å². The van der Waals surface area contributed by atoms with E-state index in [4.69, 9.17) is 4.42 Å². The lowest BCUT2D eigenvalue weighted by molar-refractivity contribution is 0.669. The molecule has 27 aromatic rings. The topological polar surface area (TPSA) is 32.6 Å². The molecule has 6 aromatic heterocycles. The van der Waals surface area contributed by atoms with Gasteiger partial charge in [0, 0.05) is 214 Å². The van der Waals surface area contributed by atoms with Crippen LogP contribution in [0.25, 0.3) is 123 Å². The van der Waals surface area contributed by atoms with Crippen molar-refractivity contribution < 1.29 is 4.42 Å². The third-order valence-corrected chi connectivity index (χ3v) is 31.5. The van der Waals surface area contributed by atoms with Crippen LogP contribution in [-0.2, 0) is 0 Å². The van der Waals surface area contributed by atoms with Crippen LogP contribution in [-0.4, -0.2) is 0 Å². The molecule has 0 radical (unpaired) electrons. The maximum atomic E-state index is 6.16. The zero-order chi connectivity index (χ0) is 91.4. The third-order valence-electron chi connectivity index (χ3n) is 25.9. The quantitative estimate of drug-likeness (QED) is 0.0846. The van der Waals surface area contributed by atoms with Gasteiger partial charge in [0.25, 0.3) is 0 Å².